The lowest BCUT2D eigenvalue weighted by atomic mass is 9.94. The zero-order chi connectivity index (χ0) is 13.8. The van der Waals surface area contributed by atoms with E-state index in [0.29, 0.717) is 0 Å². The van der Waals surface area contributed by atoms with Crippen molar-refractivity contribution in [1.29, 1.82) is 0 Å². The summed E-state index contributed by atoms with van der Waals surface area (Å²) < 4.78 is 0. The number of nitrogens with one attached hydrogen (secondary N) is 1. The molecule has 0 aromatic heterocycles. The topological polar surface area (TPSA) is 44.6 Å². The van der Waals surface area contributed by atoms with Crippen molar-refractivity contribution in [1.82, 2.24) is 0 Å². The normalized spacial score (nSPS) is 23.1. The Morgan fingerprint density at radius 3 is 2.17 bits per heavy atom. The van der Waals surface area contributed by atoms with Gasteiger partial charge in [-0.15, -0.1) is 0 Å². The van der Waals surface area contributed by atoms with E-state index in [1.807, 2.05) is 4.90 Å². The molecule has 1 N–H and O–H groups in total. The van der Waals surface area contributed by atoms with Gasteiger partial charge in [0.25, 0.3) is 0 Å². The molecule has 0 unspecified atom stereocenters. The molecular formula is C15H31NO2. The molecule has 0 atom stereocenters. The molecule has 1 aliphatic rings. The molecule has 0 amide bonds. The molecule has 0 radical (unpaired) electrons. The first-order valence-corrected chi connectivity index (χ1v) is 7.61. The first kappa shape index (κ1) is 17.4. The molecule has 0 aromatic rings. The smallest absolute Gasteiger partial charge is 0.0773 e. The molecule has 0 spiro atoms. The lowest BCUT2D eigenvalue weighted by Gasteiger charge is -2.28. The molecule has 1 heterocycles. The third kappa shape index (κ3) is 10.6. The number of piperidine rings is 1. The summed E-state index contributed by atoms with van der Waals surface area (Å²) in [6.07, 6.45) is 10.1. The zero-order valence-electron chi connectivity index (χ0n) is 12.5. The Morgan fingerprint density at radius 1 is 1.17 bits per heavy atom. The zero-order valence-corrected chi connectivity index (χ0v) is 12.5. The fourth-order valence-corrected chi connectivity index (χ4v) is 2.55. The van der Waals surface area contributed by atoms with E-state index in [9.17, 15) is 0 Å². The minimum absolute atomic E-state index is 0.972. The van der Waals surface area contributed by atoms with Crippen LogP contribution in [0.5, 0.6) is 0 Å². The van der Waals surface area contributed by atoms with Gasteiger partial charge in [0.2, 0.25) is 0 Å². The highest BCUT2D eigenvalue weighted by Gasteiger charge is 2.19. The summed E-state index contributed by atoms with van der Waals surface area (Å²) in [6.45, 7) is 9.95. The van der Waals surface area contributed by atoms with Crippen molar-refractivity contribution in [3.05, 3.63) is 0 Å². The number of hydrogen-bond donors (Lipinski definition) is 1. The minimum Gasteiger partial charge on any atom is -0.550 e. The summed E-state index contributed by atoms with van der Waals surface area (Å²) in [5.74, 6) is -0.0330. The molecule has 108 valence electrons. The Bertz CT molecular complexity index is 195. The molecule has 0 bridgehead atoms. The summed E-state index contributed by atoms with van der Waals surface area (Å²) in [5, 5.41) is 8.89. The van der Waals surface area contributed by atoms with Gasteiger partial charge in [0.15, 0.2) is 0 Å². The number of rotatable bonds is 6. The predicted molar refractivity (Wildman–Crippen MR) is 73.4 cm³/mol. The number of likely N-dealkylation sites (tertiary alicyclic amines) is 1. The molecule has 1 rings (SSSR count). The van der Waals surface area contributed by atoms with Crippen molar-refractivity contribution in [2.45, 2.75) is 65.7 Å². The molecule has 1 saturated heterocycles. The van der Waals surface area contributed by atoms with Crippen LogP contribution in [0.4, 0.5) is 0 Å². The van der Waals surface area contributed by atoms with Crippen LogP contribution in [0.1, 0.15) is 65.7 Å². The number of quaternary nitrogens is 1. The van der Waals surface area contributed by atoms with Crippen LogP contribution in [-0.4, -0.2) is 25.6 Å². The lowest BCUT2D eigenvalue weighted by Crippen LogP contribution is -3.13. The molecule has 1 aliphatic heterocycles. The Balaban J connectivity index is 0.000000631. The van der Waals surface area contributed by atoms with Gasteiger partial charge in [-0.05, 0) is 38.5 Å². The lowest BCUT2D eigenvalue weighted by molar-refractivity contribution is -0.906. The van der Waals surface area contributed by atoms with Crippen molar-refractivity contribution in [3.8, 4) is 0 Å². The monoisotopic (exact) mass is 257 g/mol. The van der Waals surface area contributed by atoms with E-state index < -0.39 is 5.97 Å². The second-order valence-corrected chi connectivity index (χ2v) is 5.40. The summed E-state index contributed by atoms with van der Waals surface area (Å²) in [5.41, 5.74) is 0. The van der Waals surface area contributed by atoms with Gasteiger partial charge in [0, 0.05) is 5.97 Å². The number of carboxylic acid groups (broad SMARTS) is 1. The SMILES string of the molecule is CC(=O)[O-].CCCCCC[NH+]1CCC(CC)CC1. The average Bonchev–Trinajstić information content (AvgIpc) is 2.35. The third-order valence-electron chi connectivity index (χ3n) is 3.77. The standard InChI is InChI=1S/C13H27N.C2H4O2/c1-3-5-6-7-10-14-11-8-13(4-2)9-12-14;1-2(3)4/h13H,3-12H2,1-2H3;1H3,(H,3,4). The van der Waals surface area contributed by atoms with Gasteiger partial charge in [0.05, 0.1) is 19.6 Å². The van der Waals surface area contributed by atoms with Crippen LogP contribution in [-0.2, 0) is 4.79 Å². The number of aliphatic carboxylic acids is 1. The first-order chi connectivity index (χ1) is 8.60. The second kappa shape index (κ2) is 11.5. The largest absolute Gasteiger partial charge is 0.550 e. The van der Waals surface area contributed by atoms with Crippen molar-refractivity contribution in [2.75, 3.05) is 19.6 Å². The highest BCUT2D eigenvalue weighted by atomic mass is 16.4. The van der Waals surface area contributed by atoms with E-state index >= 15 is 0 Å². The summed E-state index contributed by atoms with van der Waals surface area (Å²) in [6, 6.07) is 0. The van der Waals surface area contributed by atoms with Crippen molar-refractivity contribution >= 4 is 5.97 Å². The third-order valence-corrected chi connectivity index (χ3v) is 3.77. The maximum Gasteiger partial charge on any atom is 0.0773 e. The van der Waals surface area contributed by atoms with Gasteiger partial charge in [-0.3, -0.25) is 0 Å². The molecule has 0 aliphatic carbocycles. The molecular weight excluding hydrogens is 226 g/mol. The number of carboxylic acids is 1. The van der Waals surface area contributed by atoms with E-state index in [2.05, 4.69) is 13.8 Å². The fourth-order valence-electron chi connectivity index (χ4n) is 2.55. The number of carbonyl (C=O) groups excluding carboxylic acids is 1. The molecule has 18 heavy (non-hydrogen) atoms. The molecule has 0 saturated carbocycles. The van der Waals surface area contributed by atoms with E-state index in [4.69, 9.17) is 9.90 Å². The van der Waals surface area contributed by atoms with Crippen LogP contribution in [0.25, 0.3) is 0 Å². The highest BCUT2D eigenvalue weighted by molar-refractivity contribution is 5.60. The number of carbonyl (C=O) groups is 1. The fraction of sp³-hybridized carbons (Fsp3) is 0.933. The Kier molecular flexibility index (Phi) is 11.2. The van der Waals surface area contributed by atoms with Crippen LogP contribution in [0.15, 0.2) is 0 Å². The van der Waals surface area contributed by atoms with Crippen molar-refractivity contribution in [2.24, 2.45) is 5.92 Å². The van der Waals surface area contributed by atoms with Gasteiger partial charge in [-0.25, -0.2) is 0 Å². The van der Waals surface area contributed by atoms with Crippen LogP contribution in [0.2, 0.25) is 0 Å². The van der Waals surface area contributed by atoms with E-state index in [1.54, 1.807) is 0 Å². The Morgan fingerprint density at radius 2 is 1.72 bits per heavy atom. The Hall–Kier alpha value is -0.570. The summed E-state index contributed by atoms with van der Waals surface area (Å²) >= 11 is 0. The molecule has 1 fully saturated rings. The van der Waals surface area contributed by atoms with Crippen molar-refractivity contribution < 1.29 is 14.8 Å². The minimum atomic E-state index is -1.08. The van der Waals surface area contributed by atoms with Crippen LogP contribution in [0, 0.1) is 5.92 Å². The Labute approximate surface area is 113 Å². The number of unbranched alkanes of at least 4 members (excludes halogenated alkanes) is 3. The first-order valence-electron chi connectivity index (χ1n) is 7.61. The van der Waals surface area contributed by atoms with E-state index in [0.717, 1.165) is 12.8 Å². The van der Waals surface area contributed by atoms with Crippen LogP contribution < -0.4 is 10.0 Å². The number of hydrogen-bond acceptors (Lipinski definition) is 2. The quantitative estimate of drug-likeness (QED) is 0.722. The second-order valence-electron chi connectivity index (χ2n) is 5.40. The molecule has 3 heteroatoms. The van der Waals surface area contributed by atoms with Crippen LogP contribution >= 0.6 is 0 Å². The van der Waals surface area contributed by atoms with Gasteiger partial charge >= 0.3 is 0 Å². The van der Waals surface area contributed by atoms with Gasteiger partial charge in [-0.2, -0.15) is 0 Å². The van der Waals surface area contributed by atoms with E-state index in [-0.39, 0.29) is 0 Å². The van der Waals surface area contributed by atoms with E-state index in [1.165, 1.54) is 64.6 Å². The summed E-state index contributed by atoms with van der Waals surface area (Å²) in [4.78, 5) is 10.8. The maximum atomic E-state index is 8.89. The highest BCUT2D eigenvalue weighted by Crippen LogP contribution is 2.12. The molecule has 3 nitrogen and oxygen atoms in total. The summed E-state index contributed by atoms with van der Waals surface area (Å²) in [7, 11) is 0. The molecule has 0 aromatic carbocycles. The maximum absolute atomic E-state index is 8.89. The van der Waals surface area contributed by atoms with Crippen LogP contribution in [0.3, 0.4) is 0 Å². The van der Waals surface area contributed by atoms with Gasteiger partial charge in [0.1, 0.15) is 0 Å². The average molecular weight is 257 g/mol. The van der Waals surface area contributed by atoms with Crippen molar-refractivity contribution in [3.63, 3.8) is 0 Å². The van der Waals surface area contributed by atoms with Gasteiger partial charge < -0.3 is 14.8 Å². The predicted octanol–water partition coefficient (Wildman–Crippen LogP) is 1.03. The van der Waals surface area contributed by atoms with Gasteiger partial charge in [-0.1, -0.05) is 33.1 Å².